The molecule has 0 spiro atoms. The van der Waals surface area contributed by atoms with Crippen LogP contribution in [-0.2, 0) is 2.79 Å². The van der Waals surface area contributed by atoms with Crippen LogP contribution in [0.4, 0.5) is 0 Å². The topological polar surface area (TPSA) is 9.23 Å². The first kappa shape index (κ1) is 28.0. The molecule has 0 aliphatic rings. The van der Waals surface area contributed by atoms with Gasteiger partial charge in [-0.3, -0.25) is 0 Å². The van der Waals surface area contributed by atoms with Crippen molar-refractivity contribution in [1.29, 1.82) is 0 Å². The van der Waals surface area contributed by atoms with Gasteiger partial charge >= 0.3 is 184 Å². The Hall–Kier alpha value is 1.05. The van der Waals surface area contributed by atoms with E-state index in [4.69, 9.17) is 2.79 Å². The molecule has 0 saturated carbocycles. The molecule has 27 heavy (non-hydrogen) atoms. The quantitative estimate of drug-likeness (QED) is 0.106. The molecule has 0 fully saturated rings. The van der Waals surface area contributed by atoms with Crippen molar-refractivity contribution in [1.82, 2.24) is 0 Å². The molecule has 0 radical (unpaired) electrons. The van der Waals surface area contributed by atoms with Crippen LogP contribution in [0.5, 0.6) is 0 Å². The molecule has 0 N–H and O–H groups in total. The van der Waals surface area contributed by atoms with E-state index in [0.29, 0.717) is 0 Å². The molecule has 164 valence electrons. The van der Waals surface area contributed by atoms with Crippen LogP contribution in [0.1, 0.15) is 130 Å². The second-order valence-electron chi connectivity index (χ2n) is 8.78. The Morgan fingerprint density at radius 1 is 0.370 bits per heavy atom. The van der Waals surface area contributed by atoms with Crippen LogP contribution in [0.3, 0.4) is 0 Å². The molecule has 0 aliphatic heterocycles. The number of rotatable bonds is 22. The van der Waals surface area contributed by atoms with E-state index >= 15 is 0 Å². The molecule has 0 aliphatic carbocycles. The minimum atomic E-state index is -1.44. The van der Waals surface area contributed by atoms with Crippen molar-refractivity contribution < 1.29 is 2.79 Å². The van der Waals surface area contributed by atoms with E-state index in [9.17, 15) is 0 Å². The summed E-state index contributed by atoms with van der Waals surface area (Å²) in [6.07, 6.45) is 23.0. The zero-order valence-corrected chi connectivity index (χ0v) is 24.6. The van der Waals surface area contributed by atoms with E-state index in [1.54, 1.807) is 0 Å². The molecule has 0 aromatic heterocycles. The van der Waals surface area contributed by atoms with E-state index in [1.807, 2.05) is 0 Å². The van der Waals surface area contributed by atoms with Gasteiger partial charge in [-0.15, -0.1) is 0 Å². The molecule has 0 rings (SSSR count). The Balaban J connectivity index is 4.42. The fourth-order valence-corrected chi connectivity index (χ4v) is 25.6. The van der Waals surface area contributed by atoms with Gasteiger partial charge in [0.2, 0.25) is 0 Å². The van der Waals surface area contributed by atoms with Crippen LogP contribution in [0.2, 0.25) is 21.0 Å². The van der Waals surface area contributed by atoms with Crippen molar-refractivity contribution in [2.75, 3.05) is 0 Å². The summed E-state index contributed by atoms with van der Waals surface area (Å²) < 4.78 is 7.15. The zero-order valence-electron chi connectivity index (χ0n) is 19.7. The number of unbranched alkanes of at least 4 members (excludes halogenated alkanes) is 12. The second-order valence-corrected chi connectivity index (χ2v) is 22.4. The molecular formula is C24H54Ge2O. The summed E-state index contributed by atoms with van der Waals surface area (Å²) in [5.74, 6) is 0. The molecular weight excluding hydrogens is 449 g/mol. The Labute approximate surface area is 183 Å². The molecule has 0 amide bonds. The summed E-state index contributed by atoms with van der Waals surface area (Å²) in [5, 5.41) is 6.13. The van der Waals surface area contributed by atoms with Crippen LogP contribution < -0.4 is 0 Å². The third kappa shape index (κ3) is 20.1. The van der Waals surface area contributed by atoms with Crippen LogP contribution in [0.25, 0.3) is 0 Å². The van der Waals surface area contributed by atoms with E-state index in [-0.39, 0.29) is 0 Å². The van der Waals surface area contributed by atoms with Crippen LogP contribution in [0, 0.1) is 0 Å². The zero-order chi connectivity index (χ0) is 20.0. The van der Waals surface area contributed by atoms with Gasteiger partial charge in [-0.05, 0) is 0 Å². The van der Waals surface area contributed by atoms with Crippen molar-refractivity contribution in [3.63, 3.8) is 0 Å². The maximum absolute atomic E-state index is 7.15. The average Bonchev–Trinajstić information content (AvgIpc) is 2.68. The van der Waals surface area contributed by atoms with Crippen molar-refractivity contribution in [2.24, 2.45) is 0 Å². The Kier molecular flexibility index (Phi) is 24.2. The normalized spacial score (nSPS) is 11.8. The number of hydrogen-bond acceptors (Lipinski definition) is 1. The van der Waals surface area contributed by atoms with Gasteiger partial charge in [-0.25, -0.2) is 0 Å². The van der Waals surface area contributed by atoms with Gasteiger partial charge in [0.25, 0.3) is 0 Å². The first-order valence-corrected chi connectivity index (χ1v) is 21.8. The molecule has 0 bridgehead atoms. The number of hydrogen-bond donors (Lipinski definition) is 0. The van der Waals surface area contributed by atoms with Gasteiger partial charge in [0.05, 0.1) is 0 Å². The first-order valence-electron chi connectivity index (χ1n) is 12.9. The van der Waals surface area contributed by atoms with Crippen LogP contribution >= 0.6 is 0 Å². The van der Waals surface area contributed by atoms with Gasteiger partial charge in [-0.1, -0.05) is 0 Å². The van der Waals surface area contributed by atoms with Gasteiger partial charge in [0, 0.05) is 0 Å². The third-order valence-electron chi connectivity index (χ3n) is 5.90. The molecule has 0 heterocycles. The van der Waals surface area contributed by atoms with Crippen LogP contribution in [-0.4, -0.2) is 29.4 Å². The summed E-state index contributed by atoms with van der Waals surface area (Å²) in [4.78, 5) is 0. The van der Waals surface area contributed by atoms with E-state index in [2.05, 4.69) is 27.7 Å². The maximum atomic E-state index is 7.15. The summed E-state index contributed by atoms with van der Waals surface area (Å²) in [6, 6.07) is 0. The average molecular weight is 504 g/mol. The minimum absolute atomic E-state index is 1.37. The van der Waals surface area contributed by atoms with Gasteiger partial charge in [-0.2, -0.15) is 0 Å². The molecule has 0 aromatic carbocycles. The molecule has 1 nitrogen and oxygen atoms in total. The fraction of sp³-hybridized carbons (Fsp3) is 1.00. The van der Waals surface area contributed by atoms with E-state index in [0.717, 1.165) is 0 Å². The first-order chi connectivity index (χ1) is 13.3. The van der Waals surface area contributed by atoms with Crippen molar-refractivity contribution in [3.05, 3.63) is 0 Å². The van der Waals surface area contributed by atoms with Gasteiger partial charge < -0.3 is 0 Å². The van der Waals surface area contributed by atoms with E-state index in [1.165, 1.54) is 124 Å². The Morgan fingerprint density at radius 2 is 0.630 bits per heavy atom. The van der Waals surface area contributed by atoms with Crippen LogP contribution in [0.15, 0.2) is 0 Å². The third-order valence-corrected chi connectivity index (χ3v) is 24.7. The van der Waals surface area contributed by atoms with Crippen molar-refractivity contribution >= 4 is 29.4 Å². The molecule has 0 unspecified atom stereocenters. The van der Waals surface area contributed by atoms with Crippen molar-refractivity contribution in [3.8, 4) is 0 Å². The Bertz CT molecular complexity index is 223. The fourth-order valence-electron chi connectivity index (χ4n) is 4.03. The SMILES string of the molecule is CCCCC[CH2][GeH]([CH2]CCCCC)[O][GeH]([CH2]CCCCC)[CH2]CCCCC. The Morgan fingerprint density at radius 3 is 0.852 bits per heavy atom. The summed E-state index contributed by atoms with van der Waals surface area (Å²) in [5.41, 5.74) is 0. The second kappa shape index (κ2) is 23.3. The standard InChI is InChI=1S/C24H54Ge2O/c1-5-9-13-17-21-25(22-18-14-10-6-2)27-26(23-19-15-11-7-3)24-20-16-12-8-4/h25-26H,5-24H2,1-4H3. The molecule has 0 saturated heterocycles. The van der Waals surface area contributed by atoms with Gasteiger partial charge in [0.1, 0.15) is 0 Å². The predicted octanol–water partition coefficient (Wildman–Crippen LogP) is 8.77. The summed E-state index contributed by atoms with van der Waals surface area (Å²) in [7, 11) is 0. The monoisotopic (exact) mass is 506 g/mol. The molecule has 0 aromatic rings. The predicted molar refractivity (Wildman–Crippen MR) is 131 cm³/mol. The van der Waals surface area contributed by atoms with Crippen molar-refractivity contribution in [2.45, 2.75) is 151 Å². The molecule has 3 heteroatoms. The van der Waals surface area contributed by atoms with E-state index < -0.39 is 29.4 Å². The molecule has 0 atom stereocenters. The summed E-state index contributed by atoms with van der Waals surface area (Å²) in [6.45, 7) is 9.33. The summed E-state index contributed by atoms with van der Waals surface area (Å²) >= 11 is -2.89. The van der Waals surface area contributed by atoms with Gasteiger partial charge in [0.15, 0.2) is 0 Å².